The van der Waals surface area contributed by atoms with Crippen molar-refractivity contribution in [2.24, 2.45) is 5.10 Å². The quantitative estimate of drug-likeness (QED) is 0.422. The van der Waals surface area contributed by atoms with E-state index in [0.717, 1.165) is 25.0 Å². The molecule has 0 radical (unpaired) electrons. The number of hydrogen-bond donors (Lipinski definition) is 0. The van der Waals surface area contributed by atoms with Gasteiger partial charge in [-0.15, -0.1) is 11.3 Å². The molecule has 1 aromatic rings. The summed E-state index contributed by atoms with van der Waals surface area (Å²) >= 11 is 1.68. The normalized spacial score (nSPS) is 11.5. The molecule has 0 spiro atoms. The Balaban J connectivity index is 2.80. The zero-order valence-electron chi connectivity index (χ0n) is 9.14. The number of carbonyl (C=O) groups is 1. The van der Waals surface area contributed by atoms with Gasteiger partial charge >= 0.3 is 0 Å². The number of likely N-dealkylation sites (N-methyl/N-ethyl adjacent to an activating group) is 1. The van der Waals surface area contributed by atoms with Gasteiger partial charge in [0.2, 0.25) is 0 Å². The maximum absolute atomic E-state index is 10.4. The highest BCUT2D eigenvalue weighted by Gasteiger charge is 2.04. The number of carbonyl (C=O) groups excluding carboxylic acids is 1. The van der Waals surface area contributed by atoms with Crippen LogP contribution in [-0.4, -0.2) is 30.1 Å². The molecule has 0 N–H and O–H groups in total. The van der Waals surface area contributed by atoms with Crippen molar-refractivity contribution < 1.29 is 4.79 Å². The van der Waals surface area contributed by atoms with Crippen molar-refractivity contribution in [1.82, 2.24) is 5.01 Å². The third-order valence-corrected chi connectivity index (χ3v) is 2.97. The van der Waals surface area contributed by atoms with Gasteiger partial charge in [0.1, 0.15) is 6.29 Å². The van der Waals surface area contributed by atoms with Crippen LogP contribution in [0.1, 0.15) is 25.1 Å². The van der Waals surface area contributed by atoms with Gasteiger partial charge in [0.05, 0.1) is 17.1 Å². The highest BCUT2D eigenvalue weighted by molar-refractivity contribution is 7.12. The maximum atomic E-state index is 10.4. The standard InChI is InChI=1S/C11H16N2OS/c1-3-10(11-6-5-9-15-11)12-13(4-2)7-8-14/h5-6,8-9H,3-4,7H2,1-2H3/b12-10+. The minimum atomic E-state index is 0.366. The van der Waals surface area contributed by atoms with Gasteiger partial charge in [-0.3, -0.25) is 5.01 Å². The molecule has 0 atom stereocenters. The molecule has 82 valence electrons. The number of hydrogen-bond acceptors (Lipinski definition) is 4. The van der Waals surface area contributed by atoms with Crippen LogP contribution in [0.3, 0.4) is 0 Å². The van der Waals surface area contributed by atoms with Crippen molar-refractivity contribution in [3.05, 3.63) is 22.4 Å². The molecule has 1 heterocycles. The highest BCUT2D eigenvalue weighted by atomic mass is 32.1. The number of aldehydes is 1. The topological polar surface area (TPSA) is 32.7 Å². The van der Waals surface area contributed by atoms with Gasteiger partial charge < -0.3 is 4.79 Å². The predicted octanol–water partition coefficient (Wildman–Crippen LogP) is 2.38. The van der Waals surface area contributed by atoms with E-state index in [0.29, 0.717) is 6.54 Å². The van der Waals surface area contributed by atoms with E-state index in [1.54, 1.807) is 16.3 Å². The second-order valence-corrected chi connectivity index (χ2v) is 4.00. The molecule has 0 aromatic carbocycles. The second-order valence-electron chi connectivity index (χ2n) is 3.05. The van der Waals surface area contributed by atoms with E-state index in [1.807, 2.05) is 18.4 Å². The molecule has 0 aliphatic carbocycles. The average molecular weight is 224 g/mol. The molecule has 3 nitrogen and oxygen atoms in total. The summed E-state index contributed by atoms with van der Waals surface area (Å²) in [6, 6.07) is 4.07. The van der Waals surface area contributed by atoms with Crippen LogP contribution in [0.15, 0.2) is 22.6 Å². The summed E-state index contributed by atoms with van der Waals surface area (Å²) in [6.07, 6.45) is 1.77. The summed E-state index contributed by atoms with van der Waals surface area (Å²) < 4.78 is 0. The lowest BCUT2D eigenvalue weighted by Gasteiger charge is -2.15. The average Bonchev–Trinajstić information content (AvgIpc) is 2.77. The Hall–Kier alpha value is -1.16. The van der Waals surface area contributed by atoms with Crippen molar-refractivity contribution in [3.8, 4) is 0 Å². The van der Waals surface area contributed by atoms with Crippen LogP contribution in [0.4, 0.5) is 0 Å². The number of nitrogens with zero attached hydrogens (tertiary/aromatic N) is 2. The molecular weight excluding hydrogens is 208 g/mol. The van der Waals surface area contributed by atoms with Gasteiger partial charge in [-0.25, -0.2) is 0 Å². The van der Waals surface area contributed by atoms with E-state index in [1.165, 1.54) is 4.88 Å². The molecule has 0 aliphatic rings. The minimum Gasteiger partial charge on any atom is -0.301 e. The lowest BCUT2D eigenvalue weighted by molar-refractivity contribution is -0.108. The van der Waals surface area contributed by atoms with Crippen LogP contribution in [0.2, 0.25) is 0 Å². The minimum absolute atomic E-state index is 0.366. The molecule has 1 rings (SSSR count). The van der Waals surface area contributed by atoms with Crippen LogP contribution in [-0.2, 0) is 4.79 Å². The highest BCUT2D eigenvalue weighted by Crippen LogP contribution is 2.12. The maximum Gasteiger partial charge on any atom is 0.141 e. The Kier molecular flexibility index (Phi) is 5.04. The molecule has 0 amide bonds. The Morgan fingerprint density at radius 1 is 1.60 bits per heavy atom. The van der Waals surface area contributed by atoms with E-state index in [2.05, 4.69) is 18.1 Å². The van der Waals surface area contributed by atoms with Crippen molar-refractivity contribution >= 4 is 23.3 Å². The molecule has 0 saturated carbocycles. The van der Waals surface area contributed by atoms with Gasteiger partial charge in [-0.1, -0.05) is 13.0 Å². The molecule has 1 aromatic heterocycles. The Bertz CT molecular complexity index is 319. The monoisotopic (exact) mass is 224 g/mol. The summed E-state index contributed by atoms with van der Waals surface area (Å²) in [5, 5.41) is 8.30. The van der Waals surface area contributed by atoms with Gasteiger partial charge in [-0.2, -0.15) is 5.10 Å². The van der Waals surface area contributed by atoms with Crippen LogP contribution in [0.25, 0.3) is 0 Å². The fourth-order valence-electron chi connectivity index (χ4n) is 1.23. The fraction of sp³-hybridized carbons (Fsp3) is 0.455. The lowest BCUT2D eigenvalue weighted by atomic mass is 10.2. The first-order valence-electron chi connectivity index (χ1n) is 5.11. The molecule has 0 unspecified atom stereocenters. The Morgan fingerprint density at radius 2 is 2.40 bits per heavy atom. The summed E-state index contributed by atoms with van der Waals surface area (Å²) in [6.45, 7) is 5.20. The first-order valence-corrected chi connectivity index (χ1v) is 5.99. The zero-order chi connectivity index (χ0) is 11.1. The molecule has 15 heavy (non-hydrogen) atoms. The third kappa shape index (κ3) is 3.47. The number of thiophene rings is 1. The molecule has 0 aliphatic heterocycles. The predicted molar refractivity (Wildman–Crippen MR) is 64.5 cm³/mol. The molecule has 0 saturated heterocycles. The molecule has 0 bridgehead atoms. The number of hydrazone groups is 1. The third-order valence-electron chi connectivity index (χ3n) is 2.05. The smallest absolute Gasteiger partial charge is 0.141 e. The van der Waals surface area contributed by atoms with Crippen molar-refractivity contribution in [2.75, 3.05) is 13.1 Å². The molecular formula is C11H16N2OS. The second kappa shape index (κ2) is 6.35. The summed E-state index contributed by atoms with van der Waals surface area (Å²) in [5.74, 6) is 0. The fourth-order valence-corrected chi connectivity index (χ4v) is 2.02. The van der Waals surface area contributed by atoms with Crippen LogP contribution >= 0.6 is 11.3 Å². The van der Waals surface area contributed by atoms with Crippen molar-refractivity contribution in [3.63, 3.8) is 0 Å². The van der Waals surface area contributed by atoms with Crippen molar-refractivity contribution in [2.45, 2.75) is 20.3 Å². The number of rotatable bonds is 6. The Morgan fingerprint density at radius 3 is 2.87 bits per heavy atom. The summed E-state index contributed by atoms with van der Waals surface area (Å²) in [7, 11) is 0. The van der Waals surface area contributed by atoms with E-state index in [4.69, 9.17) is 0 Å². The van der Waals surface area contributed by atoms with Gasteiger partial charge in [-0.05, 0) is 24.8 Å². The van der Waals surface area contributed by atoms with E-state index in [9.17, 15) is 4.79 Å². The van der Waals surface area contributed by atoms with Gasteiger partial charge in [0.15, 0.2) is 0 Å². The van der Waals surface area contributed by atoms with Crippen LogP contribution in [0.5, 0.6) is 0 Å². The lowest BCUT2D eigenvalue weighted by Crippen LogP contribution is -2.21. The van der Waals surface area contributed by atoms with Crippen LogP contribution in [0, 0.1) is 0 Å². The Labute approximate surface area is 94.4 Å². The van der Waals surface area contributed by atoms with E-state index < -0.39 is 0 Å². The van der Waals surface area contributed by atoms with Crippen LogP contribution < -0.4 is 0 Å². The van der Waals surface area contributed by atoms with Crippen molar-refractivity contribution in [1.29, 1.82) is 0 Å². The van der Waals surface area contributed by atoms with E-state index in [-0.39, 0.29) is 0 Å². The zero-order valence-corrected chi connectivity index (χ0v) is 9.96. The summed E-state index contributed by atoms with van der Waals surface area (Å²) in [4.78, 5) is 11.6. The SMILES string of the molecule is CC/C(=N\N(CC)CC=O)c1cccs1. The van der Waals surface area contributed by atoms with Gasteiger partial charge in [0, 0.05) is 6.54 Å². The summed E-state index contributed by atoms with van der Waals surface area (Å²) in [5.41, 5.74) is 1.05. The first kappa shape index (κ1) is 11.9. The first-order chi connectivity index (χ1) is 7.31. The van der Waals surface area contributed by atoms with E-state index >= 15 is 0 Å². The largest absolute Gasteiger partial charge is 0.301 e. The van der Waals surface area contributed by atoms with Gasteiger partial charge in [0.25, 0.3) is 0 Å². The molecule has 0 fully saturated rings. The molecule has 4 heteroatoms.